The lowest BCUT2D eigenvalue weighted by molar-refractivity contribution is -0.145. The van der Waals surface area contributed by atoms with E-state index >= 15 is 0 Å². The van der Waals surface area contributed by atoms with Crippen molar-refractivity contribution >= 4 is 27.7 Å². The highest BCUT2D eigenvalue weighted by Gasteiger charge is 2.30. The molecule has 1 aliphatic rings. The van der Waals surface area contributed by atoms with Crippen LogP contribution in [0.15, 0.2) is 47.1 Å². The van der Waals surface area contributed by atoms with Crippen molar-refractivity contribution in [2.75, 3.05) is 6.54 Å². The third-order valence-electron chi connectivity index (χ3n) is 6.79. The molecule has 192 valence electrons. The zero-order valence-corrected chi connectivity index (χ0v) is 23.7. The number of amides is 2. The molecule has 0 saturated heterocycles. The van der Waals surface area contributed by atoms with E-state index in [1.165, 1.54) is 12.0 Å². The van der Waals surface area contributed by atoms with E-state index < -0.39 is 0 Å². The van der Waals surface area contributed by atoms with Crippen molar-refractivity contribution in [3.63, 3.8) is 0 Å². The van der Waals surface area contributed by atoms with Crippen molar-refractivity contribution in [1.29, 1.82) is 0 Å². The SMILES string of the molecule is CC(C)N(CC(=O)N(Cc1cccn1Cc1ccc(Br)cc1)C1CCCCC1)C(=O)CC(C)(C)C. The van der Waals surface area contributed by atoms with Gasteiger partial charge in [-0.05, 0) is 61.9 Å². The van der Waals surface area contributed by atoms with Crippen LogP contribution < -0.4 is 0 Å². The van der Waals surface area contributed by atoms with Gasteiger partial charge >= 0.3 is 0 Å². The van der Waals surface area contributed by atoms with Crippen LogP contribution in [0, 0.1) is 5.41 Å². The summed E-state index contributed by atoms with van der Waals surface area (Å²) in [6.45, 7) is 11.7. The summed E-state index contributed by atoms with van der Waals surface area (Å²) in [6.07, 6.45) is 8.16. The highest BCUT2D eigenvalue weighted by Crippen LogP contribution is 2.26. The highest BCUT2D eigenvalue weighted by molar-refractivity contribution is 9.10. The molecule has 1 saturated carbocycles. The van der Waals surface area contributed by atoms with Crippen LogP contribution in [0.3, 0.4) is 0 Å². The van der Waals surface area contributed by atoms with Crippen LogP contribution in [0.2, 0.25) is 0 Å². The normalized spacial score (nSPS) is 14.8. The molecule has 0 spiro atoms. The summed E-state index contributed by atoms with van der Waals surface area (Å²) < 4.78 is 3.30. The molecule has 0 N–H and O–H groups in total. The van der Waals surface area contributed by atoms with Gasteiger partial charge in [0.05, 0.1) is 13.1 Å². The minimum Gasteiger partial charge on any atom is -0.345 e. The van der Waals surface area contributed by atoms with Gasteiger partial charge in [-0.15, -0.1) is 0 Å². The Kier molecular flexibility index (Phi) is 9.62. The number of carbonyl (C=O) groups excluding carboxylic acids is 2. The molecule has 35 heavy (non-hydrogen) atoms. The number of nitrogens with zero attached hydrogens (tertiary/aromatic N) is 3. The Bertz CT molecular complexity index is 969. The van der Waals surface area contributed by atoms with E-state index in [2.05, 4.69) is 88.8 Å². The zero-order chi connectivity index (χ0) is 25.6. The molecule has 2 aromatic rings. The fraction of sp³-hybridized carbons (Fsp3) is 0.586. The van der Waals surface area contributed by atoms with Crippen LogP contribution in [0.1, 0.15) is 84.4 Å². The van der Waals surface area contributed by atoms with Gasteiger partial charge in [-0.25, -0.2) is 0 Å². The maximum absolute atomic E-state index is 13.8. The van der Waals surface area contributed by atoms with Crippen molar-refractivity contribution in [2.24, 2.45) is 5.41 Å². The van der Waals surface area contributed by atoms with Crippen LogP contribution in [0.5, 0.6) is 0 Å². The average molecular weight is 545 g/mol. The van der Waals surface area contributed by atoms with Gasteiger partial charge < -0.3 is 14.4 Å². The zero-order valence-electron chi connectivity index (χ0n) is 22.1. The van der Waals surface area contributed by atoms with E-state index in [1.807, 2.05) is 13.8 Å². The molecule has 1 aromatic heterocycles. The van der Waals surface area contributed by atoms with E-state index in [9.17, 15) is 9.59 Å². The molecule has 0 bridgehead atoms. The number of aromatic nitrogens is 1. The Labute approximate surface area is 220 Å². The molecular formula is C29H42BrN3O2. The fourth-order valence-electron chi connectivity index (χ4n) is 4.87. The third-order valence-corrected chi connectivity index (χ3v) is 7.32. The fourth-order valence-corrected chi connectivity index (χ4v) is 5.14. The Morgan fingerprint density at radius 1 is 1.03 bits per heavy atom. The van der Waals surface area contributed by atoms with Gasteiger partial charge in [0.15, 0.2) is 0 Å². The summed E-state index contributed by atoms with van der Waals surface area (Å²) in [5.74, 6) is 0.118. The molecule has 3 rings (SSSR count). The first kappa shape index (κ1) is 27.5. The number of hydrogen-bond acceptors (Lipinski definition) is 2. The molecule has 2 amide bonds. The van der Waals surface area contributed by atoms with Crippen LogP contribution in [0.4, 0.5) is 0 Å². The Morgan fingerprint density at radius 2 is 1.69 bits per heavy atom. The molecular weight excluding hydrogens is 502 g/mol. The molecule has 0 atom stereocenters. The maximum atomic E-state index is 13.8. The van der Waals surface area contributed by atoms with Crippen LogP contribution in [-0.2, 0) is 22.7 Å². The summed E-state index contributed by atoms with van der Waals surface area (Å²) in [5.41, 5.74) is 2.24. The van der Waals surface area contributed by atoms with Gasteiger partial charge in [-0.2, -0.15) is 0 Å². The van der Waals surface area contributed by atoms with Crippen LogP contribution >= 0.6 is 15.9 Å². The van der Waals surface area contributed by atoms with Crippen molar-refractivity contribution in [3.8, 4) is 0 Å². The lowest BCUT2D eigenvalue weighted by atomic mass is 9.91. The molecule has 1 fully saturated rings. The smallest absolute Gasteiger partial charge is 0.242 e. The molecule has 0 aliphatic heterocycles. The first-order valence-corrected chi connectivity index (χ1v) is 13.8. The van der Waals surface area contributed by atoms with E-state index in [0.29, 0.717) is 13.0 Å². The predicted molar refractivity (Wildman–Crippen MR) is 146 cm³/mol. The monoisotopic (exact) mass is 543 g/mol. The Balaban J connectivity index is 1.79. The second-order valence-electron chi connectivity index (χ2n) is 11.4. The molecule has 0 radical (unpaired) electrons. The van der Waals surface area contributed by atoms with Crippen LogP contribution in [0.25, 0.3) is 0 Å². The van der Waals surface area contributed by atoms with E-state index in [1.54, 1.807) is 4.90 Å². The molecule has 5 nitrogen and oxygen atoms in total. The summed E-state index contributed by atoms with van der Waals surface area (Å²) in [4.78, 5) is 30.7. The first-order chi connectivity index (χ1) is 16.5. The third kappa shape index (κ3) is 8.23. The minimum atomic E-state index is -0.107. The van der Waals surface area contributed by atoms with E-state index in [-0.39, 0.29) is 35.9 Å². The first-order valence-electron chi connectivity index (χ1n) is 13.0. The van der Waals surface area contributed by atoms with E-state index in [4.69, 9.17) is 0 Å². The van der Waals surface area contributed by atoms with Gasteiger partial charge in [0, 0.05) is 41.4 Å². The summed E-state index contributed by atoms with van der Waals surface area (Å²) in [6, 6.07) is 12.8. The quantitative estimate of drug-likeness (QED) is 0.356. The summed E-state index contributed by atoms with van der Waals surface area (Å²) in [7, 11) is 0. The van der Waals surface area contributed by atoms with Crippen molar-refractivity contribution in [2.45, 2.75) is 98.3 Å². The number of benzene rings is 1. The molecule has 0 unspecified atom stereocenters. The maximum Gasteiger partial charge on any atom is 0.242 e. The van der Waals surface area contributed by atoms with Crippen LogP contribution in [-0.4, -0.2) is 44.8 Å². The van der Waals surface area contributed by atoms with Crippen molar-refractivity contribution in [1.82, 2.24) is 14.4 Å². The lowest BCUT2D eigenvalue weighted by Gasteiger charge is -2.37. The number of carbonyl (C=O) groups is 2. The highest BCUT2D eigenvalue weighted by atomic mass is 79.9. The number of rotatable bonds is 9. The molecule has 1 heterocycles. The predicted octanol–water partition coefficient (Wildman–Crippen LogP) is 6.63. The van der Waals surface area contributed by atoms with Crippen molar-refractivity contribution < 1.29 is 9.59 Å². The average Bonchev–Trinajstić information content (AvgIpc) is 3.23. The van der Waals surface area contributed by atoms with Gasteiger partial charge in [0.25, 0.3) is 0 Å². The van der Waals surface area contributed by atoms with Gasteiger partial charge in [0.2, 0.25) is 11.8 Å². The minimum absolute atomic E-state index is 0.0109. The standard InChI is InChI=1S/C29H42BrN3O2/c1-22(2)32(27(34)18-29(3,4)5)21-28(35)33(25-10-7-6-8-11-25)20-26-12-9-17-31(26)19-23-13-15-24(30)16-14-23/h9,12-17,22,25H,6-8,10-11,18-21H2,1-5H3. The van der Waals surface area contributed by atoms with Crippen molar-refractivity contribution in [3.05, 3.63) is 58.3 Å². The summed E-state index contributed by atoms with van der Waals surface area (Å²) >= 11 is 3.51. The van der Waals surface area contributed by atoms with E-state index in [0.717, 1.165) is 42.4 Å². The number of hydrogen-bond donors (Lipinski definition) is 0. The van der Waals surface area contributed by atoms with Gasteiger partial charge in [-0.3, -0.25) is 9.59 Å². The second-order valence-corrected chi connectivity index (χ2v) is 12.3. The lowest BCUT2D eigenvalue weighted by Crippen LogP contribution is -2.49. The number of halogens is 1. The second kappa shape index (κ2) is 12.2. The largest absolute Gasteiger partial charge is 0.345 e. The molecule has 6 heteroatoms. The molecule has 1 aliphatic carbocycles. The Morgan fingerprint density at radius 3 is 2.29 bits per heavy atom. The Hall–Kier alpha value is -2.08. The summed E-state index contributed by atoms with van der Waals surface area (Å²) in [5, 5.41) is 0. The van der Waals surface area contributed by atoms with Gasteiger partial charge in [-0.1, -0.05) is 68.1 Å². The topological polar surface area (TPSA) is 45.6 Å². The molecule has 1 aromatic carbocycles. The van der Waals surface area contributed by atoms with Gasteiger partial charge in [0.1, 0.15) is 0 Å².